The zero-order valence-corrected chi connectivity index (χ0v) is 14.2. The van der Waals surface area contributed by atoms with Gasteiger partial charge in [0.25, 0.3) is 0 Å². The Morgan fingerprint density at radius 1 is 1.09 bits per heavy atom. The average Bonchev–Trinajstić information content (AvgIpc) is 2.41. The Morgan fingerprint density at radius 2 is 1.73 bits per heavy atom. The summed E-state index contributed by atoms with van der Waals surface area (Å²) in [7, 11) is 0. The second-order valence-corrected chi connectivity index (χ2v) is 6.80. The molecule has 0 bridgehead atoms. The van der Waals surface area contributed by atoms with E-state index in [4.69, 9.17) is 4.74 Å². The van der Waals surface area contributed by atoms with Crippen molar-refractivity contribution in [1.82, 2.24) is 16.0 Å². The van der Waals surface area contributed by atoms with Gasteiger partial charge >= 0.3 is 6.09 Å². The molecule has 1 aliphatic rings. The van der Waals surface area contributed by atoms with E-state index in [9.17, 15) is 9.59 Å². The third-order valence-corrected chi connectivity index (χ3v) is 3.43. The van der Waals surface area contributed by atoms with Crippen molar-refractivity contribution in [3.63, 3.8) is 0 Å². The van der Waals surface area contributed by atoms with E-state index < -0.39 is 17.7 Å². The quantitative estimate of drug-likeness (QED) is 0.691. The number of hydrogen-bond donors (Lipinski definition) is 3. The molecule has 1 fully saturated rings. The summed E-state index contributed by atoms with van der Waals surface area (Å²) in [6.07, 6.45) is 5.18. The molecule has 0 radical (unpaired) electrons. The van der Waals surface area contributed by atoms with E-state index in [1.165, 1.54) is 0 Å². The fourth-order valence-corrected chi connectivity index (χ4v) is 2.33. The van der Waals surface area contributed by atoms with Crippen LogP contribution in [-0.4, -0.2) is 43.3 Å². The number of alkyl carbamates (subject to hydrolysis) is 1. The van der Waals surface area contributed by atoms with Crippen LogP contribution in [0.4, 0.5) is 4.79 Å². The van der Waals surface area contributed by atoms with Crippen molar-refractivity contribution in [2.45, 2.75) is 70.9 Å². The average molecular weight is 313 g/mol. The van der Waals surface area contributed by atoms with Crippen molar-refractivity contribution in [2.24, 2.45) is 0 Å². The van der Waals surface area contributed by atoms with Gasteiger partial charge in [-0.2, -0.15) is 0 Å². The zero-order valence-electron chi connectivity index (χ0n) is 14.2. The van der Waals surface area contributed by atoms with Gasteiger partial charge in [0.1, 0.15) is 11.6 Å². The van der Waals surface area contributed by atoms with Crippen LogP contribution in [0, 0.1) is 0 Å². The lowest BCUT2D eigenvalue weighted by molar-refractivity contribution is -0.123. The molecule has 6 heteroatoms. The largest absolute Gasteiger partial charge is 0.444 e. The molecule has 1 aliphatic heterocycles. The fourth-order valence-electron chi connectivity index (χ4n) is 2.33. The molecule has 22 heavy (non-hydrogen) atoms. The number of ether oxygens (including phenoxy) is 1. The highest BCUT2D eigenvalue weighted by Gasteiger charge is 2.23. The lowest BCUT2D eigenvalue weighted by Gasteiger charge is -2.23. The molecule has 0 spiro atoms. The van der Waals surface area contributed by atoms with Crippen LogP contribution in [0.3, 0.4) is 0 Å². The van der Waals surface area contributed by atoms with Crippen molar-refractivity contribution in [3.05, 3.63) is 0 Å². The Balaban J connectivity index is 2.53. The van der Waals surface area contributed by atoms with E-state index in [1.54, 1.807) is 0 Å². The molecule has 6 nitrogen and oxygen atoms in total. The zero-order chi connectivity index (χ0) is 16.4. The smallest absolute Gasteiger partial charge is 0.408 e. The van der Waals surface area contributed by atoms with Crippen molar-refractivity contribution in [3.8, 4) is 0 Å². The molecule has 0 saturated carbocycles. The second kappa shape index (κ2) is 9.66. The number of rotatable bonds is 1. The highest BCUT2D eigenvalue weighted by atomic mass is 16.6. The van der Waals surface area contributed by atoms with Crippen LogP contribution in [0.15, 0.2) is 0 Å². The fraction of sp³-hybridized carbons (Fsp3) is 0.875. The summed E-state index contributed by atoms with van der Waals surface area (Å²) in [5.74, 6) is -0.113. The van der Waals surface area contributed by atoms with Gasteiger partial charge in [0.2, 0.25) is 5.91 Å². The number of carbonyl (C=O) groups is 2. The van der Waals surface area contributed by atoms with Gasteiger partial charge in [-0.1, -0.05) is 6.42 Å². The van der Waals surface area contributed by atoms with Crippen LogP contribution in [0.5, 0.6) is 0 Å². The maximum absolute atomic E-state index is 12.2. The Labute approximate surface area is 133 Å². The Kier molecular flexibility index (Phi) is 8.24. The molecule has 128 valence electrons. The lowest BCUT2D eigenvalue weighted by atomic mass is 10.1. The number of nitrogens with one attached hydrogen (secondary N) is 3. The van der Waals surface area contributed by atoms with Gasteiger partial charge in [-0.15, -0.1) is 0 Å². The van der Waals surface area contributed by atoms with Gasteiger partial charge in [0, 0.05) is 6.54 Å². The maximum Gasteiger partial charge on any atom is 0.408 e. The summed E-state index contributed by atoms with van der Waals surface area (Å²) in [6.45, 7) is 8.08. The molecule has 2 amide bonds. The Bertz CT molecular complexity index is 353. The molecule has 0 aromatic carbocycles. The summed E-state index contributed by atoms with van der Waals surface area (Å²) >= 11 is 0. The minimum absolute atomic E-state index is 0.113. The number of carbonyl (C=O) groups excluding carboxylic acids is 2. The van der Waals surface area contributed by atoms with Crippen LogP contribution < -0.4 is 16.0 Å². The second-order valence-electron chi connectivity index (χ2n) is 6.80. The van der Waals surface area contributed by atoms with E-state index in [2.05, 4.69) is 16.0 Å². The summed E-state index contributed by atoms with van der Waals surface area (Å²) in [6, 6.07) is -0.518. The number of amides is 2. The summed E-state index contributed by atoms with van der Waals surface area (Å²) < 4.78 is 5.24. The van der Waals surface area contributed by atoms with Gasteiger partial charge in [-0.3, -0.25) is 4.79 Å². The number of hydrogen-bond acceptors (Lipinski definition) is 4. The van der Waals surface area contributed by atoms with Gasteiger partial charge in [0.05, 0.1) is 0 Å². The van der Waals surface area contributed by atoms with Gasteiger partial charge in [0.15, 0.2) is 0 Å². The highest BCUT2D eigenvalue weighted by molar-refractivity contribution is 5.85. The van der Waals surface area contributed by atoms with Crippen LogP contribution in [0.25, 0.3) is 0 Å². The molecule has 0 aromatic rings. The SMILES string of the molecule is CC(C)(C)OC(=O)NC1CCCCNCCCCCNC1=O. The predicted molar refractivity (Wildman–Crippen MR) is 86.7 cm³/mol. The molecule has 1 heterocycles. The standard InChI is InChI=1S/C16H31N3O3/c1-16(2,3)22-15(21)19-13-9-5-8-11-17-10-6-4-7-12-18-14(13)20/h13,17H,4-12H2,1-3H3,(H,18,20)(H,19,21). The highest BCUT2D eigenvalue weighted by Crippen LogP contribution is 2.08. The molecule has 0 aromatic heterocycles. The van der Waals surface area contributed by atoms with Gasteiger partial charge < -0.3 is 20.7 Å². The molecule has 0 aliphatic carbocycles. The first kappa shape index (κ1) is 18.7. The predicted octanol–water partition coefficient (Wildman–Crippen LogP) is 1.94. The van der Waals surface area contributed by atoms with E-state index in [1.807, 2.05) is 20.8 Å². The summed E-state index contributed by atoms with van der Waals surface area (Å²) in [5, 5.41) is 9.01. The van der Waals surface area contributed by atoms with E-state index in [0.29, 0.717) is 13.0 Å². The lowest BCUT2D eigenvalue weighted by Crippen LogP contribution is -2.48. The van der Waals surface area contributed by atoms with Gasteiger partial charge in [-0.05, 0) is 66.0 Å². The molecular formula is C16H31N3O3. The Morgan fingerprint density at radius 3 is 2.41 bits per heavy atom. The molecule has 3 N–H and O–H groups in total. The normalized spacial score (nSPS) is 22.5. The maximum atomic E-state index is 12.2. The molecule has 1 rings (SSSR count). The van der Waals surface area contributed by atoms with E-state index in [0.717, 1.165) is 45.2 Å². The first-order valence-electron chi connectivity index (χ1n) is 8.36. The van der Waals surface area contributed by atoms with Crippen molar-refractivity contribution in [1.29, 1.82) is 0 Å². The Hall–Kier alpha value is -1.30. The first-order valence-corrected chi connectivity index (χ1v) is 8.36. The first-order chi connectivity index (χ1) is 10.4. The summed E-state index contributed by atoms with van der Waals surface area (Å²) in [4.78, 5) is 24.1. The topological polar surface area (TPSA) is 79.5 Å². The molecule has 1 unspecified atom stereocenters. The molecular weight excluding hydrogens is 282 g/mol. The third kappa shape index (κ3) is 8.87. The van der Waals surface area contributed by atoms with Crippen LogP contribution in [0.1, 0.15) is 59.3 Å². The molecule has 1 atom stereocenters. The van der Waals surface area contributed by atoms with Gasteiger partial charge in [-0.25, -0.2) is 4.79 Å². The van der Waals surface area contributed by atoms with Crippen LogP contribution in [-0.2, 0) is 9.53 Å². The minimum atomic E-state index is -0.562. The summed E-state index contributed by atoms with van der Waals surface area (Å²) in [5.41, 5.74) is -0.562. The minimum Gasteiger partial charge on any atom is -0.444 e. The van der Waals surface area contributed by atoms with Crippen LogP contribution in [0.2, 0.25) is 0 Å². The van der Waals surface area contributed by atoms with E-state index in [-0.39, 0.29) is 5.91 Å². The van der Waals surface area contributed by atoms with Crippen molar-refractivity contribution in [2.75, 3.05) is 19.6 Å². The van der Waals surface area contributed by atoms with Crippen molar-refractivity contribution < 1.29 is 14.3 Å². The van der Waals surface area contributed by atoms with Crippen LogP contribution >= 0.6 is 0 Å². The van der Waals surface area contributed by atoms with Crippen molar-refractivity contribution >= 4 is 12.0 Å². The molecule has 1 saturated heterocycles. The monoisotopic (exact) mass is 313 g/mol. The third-order valence-electron chi connectivity index (χ3n) is 3.43. The van der Waals surface area contributed by atoms with E-state index >= 15 is 0 Å².